The van der Waals surface area contributed by atoms with Crippen molar-refractivity contribution in [3.63, 3.8) is 0 Å². The van der Waals surface area contributed by atoms with Gasteiger partial charge in [-0.1, -0.05) is 50.1 Å². The van der Waals surface area contributed by atoms with Gasteiger partial charge in [0.2, 0.25) is 0 Å². The molecule has 0 unspecified atom stereocenters. The molecule has 0 heterocycles. The zero-order valence-corrected chi connectivity index (χ0v) is 9.32. The molecule has 0 saturated heterocycles. The van der Waals surface area contributed by atoms with Crippen LogP contribution in [0, 0.1) is 0 Å². The van der Waals surface area contributed by atoms with Crippen molar-refractivity contribution in [1.29, 1.82) is 0 Å². The van der Waals surface area contributed by atoms with Crippen LogP contribution in [-0.4, -0.2) is 23.4 Å². The second-order valence-corrected chi connectivity index (χ2v) is 4.07. The molecule has 0 radical (unpaired) electrons. The number of unbranched alkanes of at least 4 members (excludes halogenated alkanes) is 1. The lowest BCUT2D eigenvalue weighted by molar-refractivity contribution is 0.107. The molecule has 84 valence electrons. The van der Waals surface area contributed by atoms with Gasteiger partial charge in [-0.15, -0.1) is 0 Å². The van der Waals surface area contributed by atoms with Crippen LogP contribution in [0.1, 0.15) is 31.7 Å². The van der Waals surface area contributed by atoms with Crippen molar-refractivity contribution in [2.75, 3.05) is 13.2 Å². The smallest absolute Gasteiger partial charge is 0.0550 e. The van der Waals surface area contributed by atoms with Crippen molar-refractivity contribution < 1.29 is 10.2 Å². The van der Waals surface area contributed by atoms with Crippen molar-refractivity contribution in [1.82, 2.24) is 0 Å². The summed E-state index contributed by atoms with van der Waals surface area (Å²) in [6.07, 6.45) is 2.94. The molecule has 0 fully saturated rings. The summed E-state index contributed by atoms with van der Waals surface area (Å²) in [5, 5.41) is 19.0. The molecule has 1 aromatic carbocycles. The Kier molecular flexibility index (Phi) is 4.79. The van der Waals surface area contributed by atoms with E-state index in [1.165, 1.54) is 0 Å². The molecular formula is C13H20O2. The highest BCUT2D eigenvalue weighted by Crippen LogP contribution is 2.29. The highest BCUT2D eigenvalue weighted by molar-refractivity contribution is 5.25. The number of aliphatic hydroxyl groups is 2. The topological polar surface area (TPSA) is 40.5 Å². The Morgan fingerprint density at radius 2 is 1.67 bits per heavy atom. The molecule has 0 aliphatic rings. The fourth-order valence-electron chi connectivity index (χ4n) is 1.84. The van der Waals surface area contributed by atoms with Gasteiger partial charge in [0.15, 0.2) is 0 Å². The zero-order valence-electron chi connectivity index (χ0n) is 9.32. The minimum absolute atomic E-state index is 0.00745. The lowest BCUT2D eigenvalue weighted by Gasteiger charge is -2.30. The SMILES string of the molecule is CCCCC(CO)(CO)c1ccccc1. The maximum Gasteiger partial charge on any atom is 0.0550 e. The first-order valence-corrected chi connectivity index (χ1v) is 5.56. The number of rotatable bonds is 6. The minimum Gasteiger partial charge on any atom is -0.395 e. The van der Waals surface area contributed by atoms with E-state index in [2.05, 4.69) is 6.92 Å². The van der Waals surface area contributed by atoms with Gasteiger partial charge >= 0.3 is 0 Å². The van der Waals surface area contributed by atoms with Gasteiger partial charge in [-0.3, -0.25) is 0 Å². The van der Waals surface area contributed by atoms with Crippen molar-refractivity contribution in [3.8, 4) is 0 Å². The van der Waals surface area contributed by atoms with Gasteiger partial charge in [0.1, 0.15) is 0 Å². The van der Waals surface area contributed by atoms with Gasteiger partial charge in [-0.25, -0.2) is 0 Å². The van der Waals surface area contributed by atoms with E-state index in [0.29, 0.717) is 0 Å². The largest absolute Gasteiger partial charge is 0.395 e. The van der Waals surface area contributed by atoms with Crippen LogP contribution in [0.25, 0.3) is 0 Å². The molecule has 0 aromatic heterocycles. The van der Waals surface area contributed by atoms with Gasteiger partial charge in [-0.2, -0.15) is 0 Å². The van der Waals surface area contributed by atoms with Crippen LogP contribution in [0.3, 0.4) is 0 Å². The standard InChI is InChI=1S/C13H20O2/c1-2-3-9-13(10-14,11-15)12-7-5-4-6-8-12/h4-8,14-15H,2-3,9-11H2,1H3. The third-order valence-corrected chi connectivity index (χ3v) is 3.00. The van der Waals surface area contributed by atoms with Crippen molar-refractivity contribution >= 4 is 0 Å². The van der Waals surface area contributed by atoms with E-state index in [0.717, 1.165) is 24.8 Å². The van der Waals surface area contributed by atoms with Crippen LogP contribution in [0.15, 0.2) is 30.3 Å². The van der Waals surface area contributed by atoms with Crippen LogP contribution in [-0.2, 0) is 5.41 Å². The molecule has 2 N–H and O–H groups in total. The van der Waals surface area contributed by atoms with Gasteiger partial charge in [0.05, 0.1) is 13.2 Å². The summed E-state index contributed by atoms with van der Waals surface area (Å²) in [6.45, 7) is 2.13. The van der Waals surface area contributed by atoms with Crippen molar-refractivity contribution in [2.45, 2.75) is 31.6 Å². The molecule has 0 spiro atoms. The van der Waals surface area contributed by atoms with Crippen LogP contribution in [0.4, 0.5) is 0 Å². The predicted octanol–water partition coefficient (Wildman–Crippen LogP) is 2.10. The van der Waals surface area contributed by atoms with E-state index in [1.807, 2.05) is 30.3 Å². The van der Waals surface area contributed by atoms with Crippen LogP contribution >= 0.6 is 0 Å². The summed E-state index contributed by atoms with van der Waals surface area (Å²) in [6, 6.07) is 9.79. The monoisotopic (exact) mass is 208 g/mol. The van der Waals surface area contributed by atoms with Crippen LogP contribution < -0.4 is 0 Å². The average Bonchev–Trinajstić information content (AvgIpc) is 2.33. The average molecular weight is 208 g/mol. The van der Waals surface area contributed by atoms with E-state index in [9.17, 15) is 10.2 Å². The molecule has 15 heavy (non-hydrogen) atoms. The van der Waals surface area contributed by atoms with Gasteiger partial charge in [-0.05, 0) is 12.0 Å². The molecule has 0 atom stereocenters. The van der Waals surface area contributed by atoms with E-state index >= 15 is 0 Å². The summed E-state index contributed by atoms with van der Waals surface area (Å²) < 4.78 is 0. The summed E-state index contributed by atoms with van der Waals surface area (Å²) in [7, 11) is 0. The Balaban J connectivity index is 2.89. The molecule has 0 bridgehead atoms. The normalized spacial score (nSPS) is 11.7. The molecule has 1 rings (SSSR count). The van der Waals surface area contributed by atoms with Crippen molar-refractivity contribution in [2.24, 2.45) is 0 Å². The number of hydrogen-bond acceptors (Lipinski definition) is 2. The lowest BCUT2D eigenvalue weighted by atomic mass is 9.78. The maximum atomic E-state index is 9.50. The second kappa shape index (κ2) is 5.89. The zero-order chi connectivity index (χ0) is 11.1. The highest BCUT2D eigenvalue weighted by atomic mass is 16.3. The first kappa shape index (κ1) is 12.2. The third kappa shape index (κ3) is 2.80. The Labute approximate surface area is 91.6 Å². The maximum absolute atomic E-state index is 9.50. The van der Waals surface area contributed by atoms with Gasteiger partial charge in [0, 0.05) is 5.41 Å². The lowest BCUT2D eigenvalue weighted by Crippen LogP contribution is -2.34. The summed E-state index contributed by atoms with van der Waals surface area (Å²) in [5.41, 5.74) is 0.570. The Morgan fingerprint density at radius 3 is 2.13 bits per heavy atom. The molecule has 2 heteroatoms. The number of aliphatic hydroxyl groups excluding tert-OH is 2. The van der Waals surface area contributed by atoms with Crippen molar-refractivity contribution in [3.05, 3.63) is 35.9 Å². The molecule has 0 saturated carbocycles. The quantitative estimate of drug-likeness (QED) is 0.751. The van der Waals surface area contributed by atoms with Crippen LogP contribution in [0.5, 0.6) is 0 Å². The Hall–Kier alpha value is -0.860. The number of hydrogen-bond donors (Lipinski definition) is 2. The minimum atomic E-state index is -0.461. The third-order valence-electron chi connectivity index (χ3n) is 3.00. The van der Waals surface area contributed by atoms with E-state index in [1.54, 1.807) is 0 Å². The first-order valence-electron chi connectivity index (χ1n) is 5.56. The Morgan fingerprint density at radius 1 is 1.07 bits per heavy atom. The molecular weight excluding hydrogens is 188 g/mol. The summed E-state index contributed by atoms with van der Waals surface area (Å²) in [5.74, 6) is 0. The molecule has 0 aliphatic carbocycles. The second-order valence-electron chi connectivity index (χ2n) is 4.07. The predicted molar refractivity (Wildman–Crippen MR) is 61.8 cm³/mol. The van der Waals surface area contributed by atoms with E-state index in [4.69, 9.17) is 0 Å². The Bertz CT molecular complexity index is 265. The molecule has 0 aliphatic heterocycles. The van der Waals surface area contributed by atoms with Gasteiger partial charge in [0.25, 0.3) is 0 Å². The fraction of sp³-hybridized carbons (Fsp3) is 0.538. The summed E-state index contributed by atoms with van der Waals surface area (Å²) >= 11 is 0. The molecule has 1 aromatic rings. The summed E-state index contributed by atoms with van der Waals surface area (Å²) in [4.78, 5) is 0. The molecule has 0 amide bonds. The fourth-order valence-corrected chi connectivity index (χ4v) is 1.84. The van der Waals surface area contributed by atoms with Gasteiger partial charge < -0.3 is 10.2 Å². The highest BCUT2D eigenvalue weighted by Gasteiger charge is 2.29. The van der Waals surface area contributed by atoms with Crippen LogP contribution in [0.2, 0.25) is 0 Å². The first-order chi connectivity index (χ1) is 7.29. The number of benzene rings is 1. The van der Waals surface area contributed by atoms with E-state index < -0.39 is 5.41 Å². The molecule has 2 nitrogen and oxygen atoms in total. The van der Waals surface area contributed by atoms with E-state index in [-0.39, 0.29) is 13.2 Å².